The van der Waals surface area contributed by atoms with Crippen LogP contribution in [0.4, 0.5) is 4.79 Å². The molecule has 0 aromatic heterocycles. The van der Waals surface area contributed by atoms with Crippen molar-refractivity contribution in [3.63, 3.8) is 0 Å². The van der Waals surface area contributed by atoms with Crippen LogP contribution >= 0.6 is 0 Å². The van der Waals surface area contributed by atoms with E-state index in [0.29, 0.717) is 32.4 Å². The number of aliphatic carboxylic acids is 1. The maximum atomic E-state index is 12.5. The highest BCUT2D eigenvalue weighted by molar-refractivity contribution is 5.86. The van der Waals surface area contributed by atoms with Crippen LogP contribution in [0, 0.1) is 5.92 Å². The van der Waals surface area contributed by atoms with Crippen LogP contribution < -0.4 is 5.73 Å². The summed E-state index contributed by atoms with van der Waals surface area (Å²) in [7, 11) is 0. The molecule has 2 rings (SSSR count). The first-order valence-electron chi connectivity index (χ1n) is 7.08. The SMILES string of the molecule is NC(=O)C1CCCCN1C(=O)N1CCCC(C(=O)O)C1. The first-order chi connectivity index (χ1) is 9.50. The van der Waals surface area contributed by atoms with Gasteiger partial charge in [0.2, 0.25) is 5.91 Å². The molecule has 2 atom stereocenters. The van der Waals surface area contributed by atoms with E-state index in [9.17, 15) is 14.4 Å². The Kier molecular flexibility index (Phi) is 4.46. The standard InChI is InChI=1S/C13H21N3O4/c14-11(17)10-5-1-2-7-16(10)13(20)15-6-3-4-9(8-15)12(18)19/h9-10H,1-8H2,(H2,14,17)(H,18,19). The Morgan fingerprint density at radius 1 is 1.05 bits per heavy atom. The lowest BCUT2D eigenvalue weighted by Gasteiger charge is -2.39. The van der Waals surface area contributed by atoms with E-state index in [1.165, 1.54) is 4.90 Å². The number of carbonyl (C=O) groups excluding carboxylic acids is 2. The summed E-state index contributed by atoms with van der Waals surface area (Å²) in [6.45, 7) is 1.28. The Labute approximate surface area is 117 Å². The van der Waals surface area contributed by atoms with E-state index in [0.717, 1.165) is 12.8 Å². The smallest absolute Gasteiger partial charge is 0.320 e. The predicted molar refractivity (Wildman–Crippen MR) is 70.9 cm³/mol. The largest absolute Gasteiger partial charge is 0.481 e. The van der Waals surface area contributed by atoms with Crippen molar-refractivity contribution < 1.29 is 19.5 Å². The highest BCUT2D eigenvalue weighted by atomic mass is 16.4. The van der Waals surface area contributed by atoms with E-state index in [-0.39, 0.29) is 12.6 Å². The molecule has 112 valence electrons. The Balaban J connectivity index is 2.05. The van der Waals surface area contributed by atoms with E-state index in [1.807, 2.05) is 0 Å². The summed E-state index contributed by atoms with van der Waals surface area (Å²) in [5, 5.41) is 9.06. The van der Waals surface area contributed by atoms with Gasteiger partial charge in [-0.1, -0.05) is 0 Å². The molecule has 0 radical (unpaired) electrons. The van der Waals surface area contributed by atoms with Crippen molar-refractivity contribution >= 4 is 17.9 Å². The fourth-order valence-corrected chi connectivity index (χ4v) is 2.99. The number of hydrogen-bond acceptors (Lipinski definition) is 3. The van der Waals surface area contributed by atoms with Gasteiger partial charge >= 0.3 is 12.0 Å². The molecule has 3 N–H and O–H groups in total. The van der Waals surface area contributed by atoms with Gasteiger partial charge in [-0.2, -0.15) is 0 Å². The number of carboxylic acids is 1. The van der Waals surface area contributed by atoms with Crippen LogP contribution in [0.2, 0.25) is 0 Å². The summed E-state index contributed by atoms with van der Waals surface area (Å²) in [5.41, 5.74) is 5.35. The number of carboxylic acid groups (broad SMARTS) is 1. The van der Waals surface area contributed by atoms with Crippen LogP contribution in [0.25, 0.3) is 0 Å². The van der Waals surface area contributed by atoms with Gasteiger partial charge in [0.25, 0.3) is 0 Å². The maximum absolute atomic E-state index is 12.5. The zero-order chi connectivity index (χ0) is 14.7. The van der Waals surface area contributed by atoms with Gasteiger partial charge in [0.1, 0.15) is 6.04 Å². The monoisotopic (exact) mass is 283 g/mol. The fraction of sp³-hybridized carbons (Fsp3) is 0.769. The molecule has 2 aliphatic rings. The summed E-state index contributed by atoms with van der Waals surface area (Å²) in [5.74, 6) is -1.86. The lowest BCUT2D eigenvalue weighted by molar-refractivity contribution is -0.143. The van der Waals surface area contributed by atoms with E-state index >= 15 is 0 Å². The lowest BCUT2D eigenvalue weighted by Crippen LogP contribution is -2.56. The van der Waals surface area contributed by atoms with Crippen LogP contribution in [0.5, 0.6) is 0 Å². The molecule has 0 saturated carbocycles. The molecule has 7 nitrogen and oxygen atoms in total. The Hall–Kier alpha value is -1.79. The predicted octanol–water partition coefficient (Wildman–Crippen LogP) is 0.243. The third-order valence-electron chi connectivity index (χ3n) is 4.12. The molecule has 7 heteroatoms. The first-order valence-corrected chi connectivity index (χ1v) is 7.08. The lowest BCUT2D eigenvalue weighted by atomic mass is 9.98. The zero-order valence-electron chi connectivity index (χ0n) is 11.5. The fourth-order valence-electron chi connectivity index (χ4n) is 2.99. The molecule has 0 aromatic rings. The van der Waals surface area contributed by atoms with Gasteiger partial charge in [0, 0.05) is 19.6 Å². The van der Waals surface area contributed by atoms with E-state index < -0.39 is 23.8 Å². The number of hydrogen-bond donors (Lipinski definition) is 2. The zero-order valence-corrected chi connectivity index (χ0v) is 11.5. The molecular weight excluding hydrogens is 262 g/mol. The molecule has 2 unspecified atom stereocenters. The second-order valence-electron chi connectivity index (χ2n) is 5.51. The van der Waals surface area contributed by atoms with Gasteiger partial charge < -0.3 is 20.6 Å². The molecular formula is C13H21N3O4. The van der Waals surface area contributed by atoms with Crippen molar-refractivity contribution in [2.24, 2.45) is 11.7 Å². The molecule has 0 aliphatic carbocycles. The van der Waals surface area contributed by atoms with Crippen LogP contribution in [0.1, 0.15) is 32.1 Å². The van der Waals surface area contributed by atoms with Crippen LogP contribution in [-0.4, -0.2) is 58.5 Å². The average molecular weight is 283 g/mol. The number of carbonyl (C=O) groups is 3. The number of urea groups is 1. The van der Waals surface area contributed by atoms with Gasteiger partial charge in [0.15, 0.2) is 0 Å². The van der Waals surface area contributed by atoms with Crippen molar-refractivity contribution in [3.8, 4) is 0 Å². The minimum absolute atomic E-state index is 0.218. The van der Waals surface area contributed by atoms with Crippen molar-refractivity contribution in [3.05, 3.63) is 0 Å². The molecule has 20 heavy (non-hydrogen) atoms. The highest BCUT2D eigenvalue weighted by Crippen LogP contribution is 2.22. The highest BCUT2D eigenvalue weighted by Gasteiger charge is 2.36. The third kappa shape index (κ3) is 3.02. The molecule has 0 aromatic carbocycles. The maximum Gasteiger partial charge on any atom is 0.320 e. The number of nitrogens with zero attached hydrogens (tertiary/aromatic N) is 2. The Morgan fingerprint density at radius 3 is 2.45 bits per heavy atom. The van der Waals surface area contributed by atoms with Crippen molar-refractivity contribution in [2.75, 3.05) is 19.6 Å². The average Bonchev–Trinajstić information content (AvgIpc) is 2.46. The normalized spacial score (nSPS) is 27.2. The minimum Gasteiger partial charge on any atom is -0.481 e. The van der Waals surface area contributed by atoms with Crippen molar-refractivity contribution in [1.29, 1.82) is 0 Å². The van der Waals surface area contributed by atoms with E-state index in [4.69, 9.17) is 10.8 Å². The molecule has 2 heterocycles. The van der Waals surface area contributed by atoms with Gasteiger partial charge in [-0.3, -0.25) is 9.59 Å². The van der Waals surface area contributed by atoms with Gasteiger partial charge in [-0.05, 0) is 32.1 Å². The van der Waals surface area contributed by atoms with Crippen LogP contribution in [-0.2, 0) is 9.59 Å². The summed E-state index contributed by atoms with van der Waals surface area (Å²) >= 11 is 0. The Morgan fingerprint density at radius 2 is 1.80 bits per heavy atom. The number of nitrogens with two attached hydrogens (primary N) is 1. The summed E-state index contributed by atoms with van der Waals surface area (Å²) < 4.78 is 0. The van der Waals surface area contributed by atoms with E-state index in [1.54, 1.807) is 4.90 Å². The van der Waals surface area contributed by atoms with E-state index in [2.05, 4.69) is 0 Å². The third-order valence-corrected chi connectivity index (χ3v) is 4.12. The van der Waals surface area contributed by atoms with Crippen LogP contribution in [0.15, 0.2) is 0 Å². The molecule has 2 aliphatic heterocycles. The number of rotatable bonds is 2. The second-order valence-corrected chi connectivity index (χ2v) is 5.51. The van der Waals surface area contributed by atoms with Gasteiger partial charge in [-0.25, -0.2) is 4.79 Å². The minimum atomic E-state index is -0.868. The number of primary amides is 1. The molecule has 2 saturated heterocycles. The molecule has 0 bridgehead atoms. The molecule has 3 amide bonds. The second kappa shape index (κ2) is 6.11. The molecule has 0 spiro atoms. The van der Waals surface area contributed by atoms with Crippen molar-refractivity contribution in [1.82, 2.24) is 9.80 Å². The van der Waals surface area contributed by atoms with Crippen molar-refractivity contribution in [2.45, 2.75) is 38.1 Å². The topological polar surface area (TPSA) is 104 Å². The van der Waals surface area contributed by atoms with Gasteiger partial charge in [-0.15, -0.1) is 0 Å². The van der Waals surface area contributed by atoms with Gasteiger partial charge in [0.05, 0.1) is 5.92 Å². The number of amides is 3. The quantitative estimate of drug-likeness (QED) is 0.757. The number of likely N-dealkylation sites (tertiary alicyclic amines) is 2. The summed E-state index contributed by atoms with van der Waals surface area (Å²) in [4.78, 5) is 38.0. The summed E-state index contributed by atoms with van der Waals surface area (Å²) in [6, 6.07) is -0.805. The first kappa shape index (κ1) is 14.6. The summed E-state index contributed by atoms with van der Waals surface area (Å²) in [6.07, 6.45) is 3.61. The Bertz CT molecular complexity index is 412. The molecule has 2 fully saturated rings. The van der Waals surface area contributed by atoms with Crippen LogP contribution in [0.3, 0.4) is 0 Å². The number of piperidine rings is 2.